The molecular formula is C17H22N6O2. The second-order valence-corrected chi connectivity index (χ2v) is 6.47. The summed E-state index contributed by atoms with van der Waals surface area (Å²) in [5, 5.41) is 3.49. The predicted molar refractivity (Wildman–Crippen MR) is 91.1 cm³/mol. The number of carbonyl (C=O) groups excluding carboxylic acids is 1. The third-order valence-electron chi connectivity index (χ3n) is 4.79. The van der Waals surface area contributed by atoms with Crippen LogP contribution in [0, 0.1) is 0 Å². The molecule has 8 heteroatoms. The number of hydrogen-bond donors (Lipinski definition) is 1. The summed E-state index contributed by atoms with van der Waals surface area (Å²) in [5.41, 5.74) is 2.17. The van der Waals surface area contributed by atoms with E-state index < -0.39 is 0 Å². The van der Waals surface area contributed by atoms with Gasteiger partial charge in [-0.2, -0.15) is 0 Å². The van der Waals surface area contributed by atoms with E-state index in [2.05, 4.69) is 20.3 Å². The van der Waals surface area contributed by atoms with Gasteiger partial charge in [-0.15, -0.1) is 0 Å². The van der Waals surface area contributed by atoms with Crippen molar-refractivity contribution in [3.63, 3.8) is 0 Å². The molecule has 132 valence electrons. The minimum Gasteiger partial charge on any atom is -0.379 e. The van der Waals surface area contributed by atoms with Gasteiger partial charge in [0.2, 0.25) is 5.91 Å². The van der Waals surface area contributed by atoms with Crippen molar-refractivity contribution in [3.05, 3.63) is 36.3 Å². The number of carbonyl (C=O) groups is 1. The first-order chi connectivity index (χ1) is 12.3. The Labute approximate surface area is 146 Å². The summed E-state index contributed by atoms with van der Waals surface area (Å²) in [7, 11) is 0. The Morgan fingerprint density at radius 2 is 2.24 bits per heavy atom. The summed E-state index contributed by atoms with van der Waals surface area (Å²) in [6, 6.07) is 0.307. The molecule has 2 aliphatic heterocycles. The van der Waals surface area contributed by atoms with Crippen molar-refractivity contribution in [2.75, 3.05) is 31.6 Å². The minimum atomic E-state index is 0.109. The van der Waals surface area contributed by atoms with Gasteiger partial charge in [-0.25, -0.2) is 15.0 Å². The highest BCUT2D eigenvalue weighted by Crippen LogP contribution is 2.22. The number of rotatable bonds is 4. The molecule has 25 heavy (non-hydrogen) atoms. The van der Waals surface area contributed by atoms with E-state index in [1.807, 2.05) is 11.1 Å². The molecule has 2 aromatic heterocycles. The van der Waals surface area contributed by atoms with E-state index in [-0.39, 0.29) is 5.91 Å². The van der Waals surface area contributed by atoms with E-state index in [0.717, 1.165) is 42.9 Å². The zero-order valence-corrected chi connectivity index (χ0v) is 14.1. The maximum absolute atomic E-state index is 12.5. The number of ether oxygens (including phenoxy) is 1. The van der Waals surface area contributed by atoms with Gasteiger partial charge in [0.05, 0.1) is 24.7 Å². The summed E-state index contributed by atoms with van der Waals surface area (Å²) < 4.78 is 7.23. The molecule has 0 saturated carbocycles. The van der Waals surface area contributed by atoms with E-state index in [0.29, 0.717) is 32.3 Å². The smallest absolute Gasteiger partial charge is 0.242 e. The molecule has 0 unspecified atom stereocenters. The Bertz CT molecular complexity index is 727. The number of imidazole rings is 1. The van der Waals surface area contributed by atoms with Gasteiger partial charge >= 0.3 is 0 Å². The highest BCUT2D eigenvalue weighted by atomic mass is 16.5. The van der Waals surface area contributed by atoms with Crippen LogP contribution in [-0.4, -0.2) is 62.7 Å². The lowest BCUT2D eigenvalue weighted by Gasteiger charge is -2.20. The normalized spacial score (nSPS) is 20.2. The summed E-state index contributed by atoms with van der Waals surface area (Å²) in [5.74, 6) is 1.00. The molecule has 1 atom stereocenters. The molecule has 8 nitrogen and oxygen atoms in total. The largest absolute Gasteiger partial charge is 0.379 e. The fourth-order valence-electron chi connectivity index (χ4n) is 3.38. The second-order valence-electron chi connectivity index (χ2n) is 6.47. The van der Waals surface area contributed by atoms with Gasteiger partial charge in [0.15, 0.2) is 0 Å². The molecule has 0 aliphatic carbocycles. The lowest BCUT2D eigenvalue weighted by Crippen LogP contribution is -2.35. The van der Waals surface area contributed by atoms with E-state index in [4.69, 9.17) is 4.74 Å². The summed E-state index contributed by atoms with van der Waals surface area (Å²) >= 11 is 0. The zero-order valence-electron chi connectivity index (χ0n) is 14.1. The number of aromatic nitrogens is 4. The monoisotopic (exact) mass is 342 g/mol. The number of hydrogen-bond acceptors (Lipinski definition) is 6. The zero-order chi connectivity index (χ0) is 17.1. The number of fused-ring (bicyclic) bond motifs is 1. The average Bonchev–Trinajstić information content (AvgIpc) is 3.26. The molecule has 1 saturated heterocycles. The molecular weight excluding hydrogens is 320 g/mol. The minimum absolute atomic E-state index is 0.109. The van der Waals surface area contributed by atoms with Gasteiger partial charge in [0.1, 0.15) is 18.7 Å². The fourth-order valence-corrected chi connectivity index (χ4v) is 3.38. The molecule has 1 N–H and O–H groups in total. The lowest BCUT2D eigenvalue weighted by atomic mass is 10.1. The Balaban J connectivity index is 1.45. The molecule has 1 amide bonds. The van der Waals surface area contributed by atoms with Crippen molar-refractivity contribution in [2.45, 2.75) is 31.8 Å². The van der Waals surface area contributed by atoms with Gasteiger partial charge in [0.25, 0.3) is 0 Å². The van der Waals surface area contributed by atoms with Crippen LogP contribution in [0.15, 0.2) is 25.0 Å². The number of amides is 1. The van der Waals surface area contributed by atoms with Gasteiger partial charge in [-0.3, -0.25) is 4.79 Å². The van der Waals surface area contributed by atoms with Crippen molar-refractivity contribution in [3.8, 4) is 0 Å². The van der Waals surface area contributed by atoms with Crippen LogP contribution in [0.5, 0.6) is 0 Å². The van der Waals surface area contributed by atoms with Crippen LogP contribution in [0.25, 0.3) is 0 Å². The predicted octanol–water partition coefficient (Wildman–Crippen LogP) is 0.501. The Kier molecular flexibility index (Phi) is 4.60. The van der Waals surface area contributed by atoms with E-state index in [1.165, 1.54) is 0 Å². The van der Waals surface area contributed by atoms with E-state index in [9.17, 15) is 4.79 Å². The Morgan fingerprint density at radius 1 is 1.32 bits per heavy atom. The number of anilines is 1. The molecule has 0 radical (unpaired) electrons. The van der Waals surface area contributed by atoms with Crippen LogP contribution in [0.2, 0.25) is 0 Å². The van der Waals surface area contributed by atoms with Gasteiger partial charge < -0.3 is 19.5 Å². The van der Waals surface area contributed by atoms with Crippen molar-refractivity contribution in [1.29, 1.82) is 0 Å². The SMILES string of the molecule is O=C(Cn1ccnc1)N1CCc2ncnc(N[C@H]3CCOC3)c2CC1. The summed E-state index contributed by atoms with van der Waals surface area (Å²) in [4.78, 5) is 27.3. The van der Waals surface area contributed by atoms with Crippen molar-refractivity contribution in [2.24, 2.45) is 0 Å². The first-order valence-corrected chi connectivity index (χ1v) is 8.70. The maximum Gasteiger partial charge on any atom is 0.242 e. The molecule has 0 aromatic carbocycles. The van der Waals surface area contributed by atoms with Crippen LogP contribution < -0.4 is 5.32 Å². The highest BCUT2D eigenvalue weighted by Gasteiger charge is 2.23. The highest BCUT2D eigenvalue weighted by molar-refractivity contribution is 5.76. The van der Waals surface area contributed by atoms with Gasteiger partial charge in [-0.1, -0.05) is 0 Å². The molecule has 4 rings (SSSR count). The van der Waals surface area contributed by atoms with Gasteiger partial charge in [-0.05, 0) is 12.8 Å². The first-order valence-electron chi connectivity index (χ1n) is 8.70. The van der Waals surface area contributed by atoms with Crippen LogP contribution in [0.1, 0.15) is 17.7 Å². The van der Waals surface area contributed by atoms with Crippen molar-refractivity contribution >= 4 is 11.7 Å². The molecule has 0 bridgehead atoms. The summed E-state index contributed by atoms with van der Waals surface area (Å²) in [6.45, 7) is 3.20. The quantitative estimate of drug-likeness (QED) is 0.871. The van der Waals surface area contributed by atoms with E-state index >= 15 is 0 Å². The average molecular weight is 342 g/mol. The van der Waals surface area contributed by atoms with Crippen LogP contribution in [0.3, 0.4) is 0 Å². The first kappa shape index (κ1) is 16.0. The standard InChI is InChI=1S/C17H22N6O2/c24-16(9-22-7-4-18-12-22)23-5-1-14-15(2-6-23)19-11-20-17(14)21-13-3-8-25-10-13/h4,7,11-13H,1-3,5-6,8-10H2,(H,19,20,21)/t13-/m0/s1. The van der Waals surface area contributed by atoms with Crippen molar-refractivity contribution < 1.29 is 9.53 Å². The van der Waals surface area contributed by atoms with E-state index in [1.54, 1.807) is 23.4 Å². The third kappa shape index (κ3) is 3.63. The Hall–Kier alpha value is -2.48. The topological polar surface area (TPSA) is 85.2 Å². The van der Waals surface area contributed by atoms with Gasteiger partial charge in [0, 0.05) is 44.1 Å². The number of nitrogens with one attached hydrogen (secondary N) is 1. The lowest BCUT2D eigenvalue weighted by molar-refractivity contribution is -0.131. The number of nitrogens with zero attached hydrogens (tertiary/aromatic N) is 5. The second kappa shape index (κ2) is 7.18. The fraction of sp³-hybridized carbons (Fsp3) is 0.529. The Morgan fingerprint density at radius 3 is 3.04 bits per heavy atom. The molecule has 0 spiro atoms. The maximum atomic E-state index is 12.5. The molecule has 4 heterocycles. The molecule has 2 aliphatic rings. The summed E-state index contributed by atoms with van der Waals surface area (Å²) in [6.07, 6.45) is 9.29. The third-order valence-corrected chi connectivity index (χ3v) is 4.79. The van der Waals surface area contributed by atoms with Crippen molar-refractivity contribution in [1.82, 2.24) is 24.4 Å². The van der Waals surface area contributed by atoms with Crippen LogP contribution in [-0.2, 0) is 28.9 Å². The molecule has 2 aromatic rings. The van der Waals surface area contributed by atoms with Crippen LogP contribution >= 0.6 is 0 Å². The van der Waals surface area contributed by atoms with Crippen LogP contribution in [0.4, 0.5) is 5.82 Å². The molecule has 1 fully saturated rings.